The number of fused-ring (bicyclic) bond motifs is 1. The summed E-state index contributed by atoms with van der Waals surface area (Å²) in [4.78, 5) is 19.6. The number of pyridine rings is 1. The molecule has 0 fully saturated rings. The van der Waals surface area contributed by atoms with Crippen LogP contribution in [0.15, 0.2) is 65.7 Å². The molecule has 3 aromatic rings. The van der Waals surface area contributed by atoms with Crippen molar-refractivity contribution in [2.24, 2.45) is 5.10 Å². The van der Waals surface area contributed by atoms with Crippen LogP contribution in [-0.4, -0.2) is 28.7 Å². The van der Waals surface area contributed by atoms with Gasteiger partial charge in [-0.25, -0.2) is 5.43 Å². The monoisotopic (exact) mass is 400 g/mol. The number of hydrogen-bond acceptors (Lipinski definition) is 4. The molecule has 1 aliphatic rings. The van der Waals surface area contributed by atoms with Crippen molar-refractivity contribution in [1.29, 1.82) is 0 Å². The number of carbonyl (C=O) groups is 1. The minimum Gasteiger partial charge on any atom is -0.483 e. The molecule has 0 spiro atoms. The van der Waals surface area contributed by atoms with Crippen molar-refractivity contribution < 1.29 is 9.53 Å². The topological polar surface area (TPSA) is 79.4 Å². The fourth-order valence-electron chi connectivity index (χ4n) is 3.66. The first-order valence-corrected chi connectivity index (χ1v) is 9.90. The molecule has 2 heterocycles. The van der Waals surface area contributed by atoms with Crippen LogP contribution < -0.4 is 10.2 Å². The van der Waals surface area contributed by atoms with Crippen LogP contribution in [0.4, 0.5) is 0 Å². The number of nitrogens with one attached hydrogen (secondary N) is 2. The molecule has 2 N–H and O–H groups in total. The second-order valence-corrected chi connectivity index (χ2v) is 7.42. The van der Waals surface area contributed by atoms with Gasteiger partial charge in [-0.2, -0.15) is 5.10 Å². The van der Waals surface area contributed by atoms with Crippen LogP contribution in [0.1, 0.15) is 22.4 Å². The third-order valence-electron chi connectivity index (χ3n) is 5.07. The van der Waals surface area contributed by atoms with Gasteiger partial charge in [0, 0.05) is 36.3 Å². The highest BCUT2D eigenvalue weighted by Crippen LogP contribution is 2.34. The molecule has 4 rings (SSSR count). The van der Waals surface area contributed by atoms with Gasteiger partial charge in [-0.15, -0.1) is 0 Å². The van der Waals surface area contributed by atoms with Gasteiger partial charge in [0.15, 0.2) is 6.61 Å². The molecule has 0 atom stereocenters. The van der Waals surface area contributed by atoms with Crippen LogP contribution in [0, 0.1) is 13.8 Å². The molecule has 0 unspecified atom stereocenters. The first kappa shape index (κ1) is 19.6. The lowest BCUT2D eigenvalue weighted by Crippen LogP contribution is -2.25. The van der Waals surface area contributed by atoms with Crippen molar-refractivity contribution in [1.82, 2.24) is 15.4 Å². The van der Waals surface area contributed by atoms with Gasteiger partial charge < -0.3 is 9.72 Å². The van der Waals surface area contributed by atoms with Gasteiger partial charge in [0.05, 0.1) is 6.21 Å². The molecule has 152 valence electrons. The van der Waals surface area contributed by atoms with Gasteiger partial charge in [-0.3, -0.25) is 9.78 Å². The fraction of sp³-hybridized carbons (Fsp3) is 0.208. The van der Waals surface area contributed by atoms with E-state index < -0.39 is 0 Å². The summed E-state index contributed by atoms with van der Waals surface area (Å²) in [7, 11) is 0. The van der Waals surface area contributed by atoms with Crippen molar-refractivity contribution in [3.05, 3.63) is 83.0 Å². The molecule has 6 heteroatoms. The van der Waals surface area contributed by atoms with Gasteiger partial charge in [-0.1, -0.05) is 12.1 Å². The van der Waals surface area contributed by atoms with Crippen LogP contribution in [0.5, 0.6) is 5.75 Å². The van der Waals surface area contributed by atoms with E-state index in [4.69, 9.17) is 4.74 Å². The Labute approximate surface area is 175 Å². The summed E-state index contributed by atoms with van der Waals surface area (Å²) in [5.74, 6) is 0.393. The molecule has 1 aliphatic carbocycles. The number of amides is 1. The Hall–Kier alpha value is -3.67. The Kier molecular flexibility index (Phi) is 5.75. The predicted molar refractivity (Wildman–Crippen MR) is 118 cm³/mol. The van der Waals surface area contributed by atoms with Crippen LogP contribution in [0.3, 0.4) is 0 Å². The minimum atomic E-state index is -0.302. The van der Waals surface area contributed by atoms with E-state index in [9.17, 15) is 4.79 Å². The Morgan fingerprint density at radius 3 is 2.93 bits per heavy atom. The Morgan fingerprint density at radius 2 is 2.10 bits per heavy atom. The maximum atomic E-state index is 12.3. The molecule has 1 amide bonds. The zero-order valence-electron chi connectivity index (χ0n) is 17.1. The van der Waals surface area contributed by atoms with Crippen LogP contribution in [-0.2, 0) is 17.6 Å². The predicted octanol–water partition coefficient (Wildman–Crippen LogP) is 3.90. The first-order chi connectivity index (χ1) is 14.6. The molecular weight excluding hydrogens is 376 g/mol. The number of aryl methyl sites for hydroxylation is 2. The fourth-order valence-corrected chi connectivity index (χ4v) is 3.66. The van der Waals surface area contributed by atoms with Crippen LogP contribution in [0.25, 0.3) is 11.1 Å². The Balaban J connectivity index is 1.38. The maximum Gasteiger partial charge on any atom is 0.277 e. The summed E-state index contributed by atoms with van der Waals surface area (Å²) in [6.45, 7) is 3.91. The second kappa shape index (κ2) is 8.78. The van der Waals surface area contributed by atoms with E-state index in [1.165, 1.54) is 11.3 Å². The van der Waals surface area contributed by atoms with Crippen LogP contribution in [0.2, 0.25) is 0 Å². The molecule has 30 heavy (non-hydrogen) atoms. The Morgan fingerprint density at radius 1 is 1.27 bits per heavy atom. The third kappa shape index (κ3) is 4.49. The summed E-state index contributed by atoms with van der Waals surface area (Å²) >= 11 is 0. The molecule has 0 aliphatic heterocycles. The number of aromatic amines is 1. The molecule has 0 bridgehead atoms. The zero-order chi connectivity index (χ0) is 20.9. The van der Waals surface area contributed by atoms with E-state index in [1.54, 1.807) is 18.6 Å². The summed E-state index contributed by atoms with van der Waals surface area (Å²) < 4.78 is 5.89. The minimum absolute atomic E-state index is 0.112. The van der Waals surface area contributed by atoms with E-state index >= 15 is 0 Å². The second-order valence-electron chi connectivity index (χ2n) is 7.42. The molecule has 0 saturated heterocycles. The van der Waals surface area contributed by atoms with Crippen molar-refractivity contribution in [2.75, 3.05) is 6.61 Å². The summed E-state index contributed by atoms with van der Waals surface area (Å²) in [6, 6.07) is 10.0. The van der Waals surface area contributed by atoms with E-state index in [0.717, 1.165) is 40.7 Å². The molecule has 2 aromatic heterocycles. The lowest BCUT2D eigenvalue weighted by Gasteiger charge is -2.15. The molecular formula is C24H24N4O2. The first-order valence-electron chi connectivity index (χ1n) is 9.90. The average molecular weight is 400 g/mol. The summed E-state index contributed by atoms with van der Waals surface area (Å²) in [5.41, 5.74) is 10.2. The number of carbonyl (C=O) groups excluding carboxylic acids is 1. The molecule has 0 radical (unpaired) electrons. The van der Waals surface area contributed by atoms with Gasteiger partial charge in [-0.05, 0) is 72.4 Å². The standard InChI is InChI=1S/C24H24N4O2/c1-16-11-17(2)24(21(12-16)19-5-8-25-9-6-19)30-15-23(29)28-27-14-18-3-4-20-7-10-26-22(20)13-18/h3,5-12,14,26H,4,13,15H2,1-2H3,(H,28,29)/b27-14-. The number of ether oxygens (including phenoxy) is 1. The number of hydrogen-bond donors (Lipinski definition) is 2. The smallest absolute Gasteiger partial charge is 0.277 e. The van der Waals surface area contributed by atoms with Crippen molar-refractivity contribution in [3.8, 4) is 16.9 Å². The zero-order valence-corrected chi connectivity index (χ0v) is 17.1. The summed E-state index contributed by atoms with van der Waals surface area (Å²) in [5, 5.41) is 4.09. The number of aromatic nitrogens is 2. The average Bonchev–Trinajstić information content (AvgIpc) is 3.21. The number of rotatable bonds is 6. The number of H-pyrrole nitrogens is 1. The molecule has 6 nitrogen and oxygen atoms in total. The summed E-state index contributed by atoms with van der Waals surface area (Å²) in [6.07, 6.45) is 10.9. The quantitative estimate of drug-likeness (QED) is 0.486. The van der Waals surface area contributed by atoms with Crippen molar-refractivity contribution in [2.45, 2.75) is 26.7 Å². The van der Waals surface area contributed by atoms with Crippen molar-refractivity contribution >= 4 is 12.1 Å². The number of benzene rings is 1. The van der Waals surface area contributed by atoms with Gasteiger partial charge in [0.25, 0.3) is 5.91 Å². The number of hydrazone groups is 1. The highest BCUT2D eigenvalue weighted by atomic mass is 16.5. The normalized spacial score (nSPS) is 13.1. The van der Waals surface area contributed by atoms with Gasteiger partial charge in [0.1, 0.15) is 5.75 Å². The van der Waals surface area contributed by atoms with Crippen molar-refractivity contribution in [3.63, 3.8) is 0 Å². The highest BCUT2D eigenvalue weighted by Gasteiger charge is 2.13. The molecule has 0 saturated carbocycles. The number of allylic oxidation sites excluding steroid dienone is 2. The molecule has 1 aromatic carbocycles. The Bertz CT molecular complexity index is 1110. The van der Waals surface area contributed by atoms with Gasteiger partial charge >= 0.3 is 0 Å². The van der Waals surface area contributed by atoms with E-state index in [0.29, 0.717) is 5.75 Å². The SMILES string of the molecule is Cc1cc(C)c(OCC(=O)N/N=C\C2=CCc3cc[nH]c3C2)c(-c2ccncc2)c1. The van der Waals surface area contributed by atoms with Crippen LogP contribution >= 0.6 is 0 Å². The lowest BCUT2D eigenvalue weighted by atomic mass is 9.98. The van der Waals surface area contributed by atoms with E-state index in [1.807, 2.05) is 38.2 Å². The van der Waals surface area contributed by atoms with E-state index in [-0.39, 0.29) is 12.5 Å². The third-order valence-corrected chi connectivity index (χ3v) is 5.07. The largest absolute Gasteiger partial charge is 0.483 e. The maximum absolute atomic E-state index is 12.3. The van der Waals surface area contributed by atoms with E-state index in [2.05, 4.69) is 38.7 Å². The highest BCUT2D eigenvalue weighted by molar-refractivity contribution is 5.83. The van der Waals surface area contributed by atoms with Gasteiger partial charge in [0.2, 0.25) is 0 Å². The number of nitrogens with zero attached hydrogens (tertiary/aromatic N) is 2. The lowest BCUT2D eigenvalue weighted by molar-refractivity contribution is -0.123.